The Labute approximate surface area is 168 Å². The fraction of sp³-hybridized carbons (Fsp3) is 0.400. The second-order valence-corrected chi connectivity index (χ2v) is 8.38. The number of nitrogens with one attached hydrogen (secondary N) is 1. The summed E-state index contributed by atoms with van der Waals surface area (Å²) in [5.74, 6) is 3.60. The van der Waals surface area contributed by atoms with Gasteiger partial charge in [-0.25, -0.2) is 9.97 Å². The number of rotatable bonds is 7. The number of thioether (sulfide) groups is 1. The van der Waals surface area contributed by atoms with Crippen LogP contribution in [-0.2, 0) is 0 Å². The first kappa shape index (κ1) is 18.4. The van der Waals surface area contributed by atoms with Crippen LogP contribution in [0.15, 0.2) is 41.7 Å². The van der Waals surface area contributed by atoms with Crippen molar-refractivity contribution in [2.75, 3.05) is 24.3 Å². The van der Waals surface area contributed by atoms with E-state index in [9.17, 15) is 0 Å². The molecule has 0 amide bonds. The normalized spacial score (nSPS) is 19.1. The van der Waals surface area contributed by atoms with E-state index >= 15 is 0 Å². The van der Waals surface area contributed by atoms with Crippen LogP contribution in [0.1, 0.15) is 19.8 Å². The Hall–Kier alpha value is -1.92. The molecule has 0 spiro atoms. The zero-order chi connectivity index (χ0) is 18.8. The fourth-order valence-electron chi connectivity index (χ4n) is 3.52. The van der Waals surface area contributed by atoms with E-state index in [4.69, 9.17) is 16.3 Å². The van der Waals surface area contributed by atoms with Gasteiger partial charge in [-0.3, -0.25) is 0 Å². The average molecular weight is 403 g/mol. The molecule has 1 aromatic carbocycles. The van der Waals surface area contributed by atoms with Crippen molar-refractivity contribution in [3.63, 3.8) is 0 Å². The maximum atomic E-state index is 6.28. The summed E-state index contributed by atoms with van der Waals surface area (Å²) < 4.78 is 5.50. The molecule has 1 fully saturated rings. The van der Waals surface area contributed by atoms with Crippen LogP contribution in [0.2, 0.25) is 5.02 Å². The summed E-state index contributed by atoms with van der Waals surface area (Å²) >= 11 is 8.15. The number of benzene rings is 1. The van der Waals surface area contributed by atoms with Gasteiger partial charge in [-0.05, 0) is 49.9 Å². The lowest BCUT2D eigenvalue weighted by molar-refractivity contribution is 0.286. The molecule has 1 saturated carbocycles. The van der Waals surface area contributed by atoms with Crippen LogP contribution < -0.4 is 9.64 Å². The Bertz CT molecular complexity index is 925. The minimum Gasteiger partial charge on any atom is -0.492 e. The molecule has 1 N–H and O–H groups in total. The van der Waals surface area contributed by atoms with Gasteiger partial charge >= 0.3 is 0 Å². The van der Waals surface area contributed by atoms with Gasteiger partial charge in [0.2, 0.25) is 0 Å². The lowest BCUT2D eigenvalue weighted by atomic mass is 9.81. The third-order valence-corrected chi connectivity index (χ3v) is 6.64. The molecule has 0 bridgehead atoms. The molecule has 1 aliphatic carbocycles. The lowest BCUT2D eigenvalue weighted by Crippen LogP contribution is -2.43. The molecular weight excluding hydrogens is 380 g/mol. The largest absolute Gasteiger partial charge is 0.492 e. The SMILES string of the molecule is CCOc1ccc(SCC2CC(N(C)c3ncnc4[nH]ccc34)C2)cc1Cl. The van der Waals surface area contributed by atoms with E-state index in [0.717, 1.165) is 34.3 Å². The topological polar surface area (TPSA) is 54.0 Å². The number of ether oxygens (including phenoxy) is 1. The van der Waals surface area contributed by atoms with Gasteiger partial charge in [0, 0.05) is 29.9 Å². The summed E-state index contributed by atoms with van der Waals surface area (Å²) in [6.45, 7) is 2.59. The van der Waals surface area contributed by atoms with Gasteiger partial charge in [-0.1, -0.05) is 11.6 Å². The highest BCUT2D eigenvalue weighted by molar-refractivity contribution is 7.99. The molecule has 142 valence electrons. The Morgan fingerprint density at radius 3 is 2.93 bits per heavy atom. The number of aromatic nitrogens is 3. The molecule has 0 atom stereocenters. The van der Waals surface area contributed by atoms with Crippen molar-refractivity contribution in [1.82, 2.24) is 15.0 Å². The first-order valence-corrected chi connectivity index (χ1v) is 10.6. The van der Waals surface area contributed by atoms with Crippen LogP contribution in [0.4, 0.5) is 5.82 Å². The molecule has 4 rings (SSSR count). The van der Waals surface area contributed by atoms with Crippen molar-refractivity contribution in [3.8, 4) is 5.75 Å². The van der Waals surface area contributed by atoms with Crippen LogP contribution in [-0.4, -0.2) is 40.4 Å². The molecule has 2 aromatic heterocycles. The third kappa shape index (κ3) is 3.87. The molecule has 0 radical (unpaired) electrons. The molecule has 0 saturated heterocycles. The van der Waals surface area contributed by atoms with E-state index in [2.05, 4.69) is 33.0 Å². The number of aromatic amines is 1. The van der Waals surface area contributed by atoms with Crippen LogP contribution in [0.3, 0.4) is 0 Å². The molecule has 1 aliphatic rings. The van der Waals surface area contributed by atoms with E-state index in [-0.39, 0.29) is 0 Å². The van der Waals surface area contributed by atoms with Crippen molar-refractivity contribution in [1.29, 1.82) is 0 Å². The maximum absolute atomic E-state index is 6.28. The Kier molecular flexibility index (Phi) is 5.45. The number of H-pyrrole nitrogens is 1. The van der Waals surface area contributed by atoms with Gasteiger partial charge in [0.1, 0.15) is 23.5 Å². The zero-order valence-corrected chi connectivity index (χ0v) is 17.1. The van der Waals surface area contributed by atoms with E-state index in [1.165, 1.54) is 17.7 Å². The number of hydrogen-bond acceptors (Lipinski definition) is 5. The van der Waals surface area contributed by atoms with Gasteiger partial charge in [-0.15, -0.1) is 11.8 Å². The summed E-state index contributed by atoms with van der Waals surface area (Å²) in [7, 11) is 2.13. The second kappa shape index (κ2) is 7.98. The summed E-state index contributed by atoms with van der Waals surface area (Å²) in [5, 5.41) is 1.77. The lowest BCUT2D eigenvalue weighted by Gasteiger charge is -2.41. The highest BCUT2D eigenvalue weighted by Gasteiger charge is 2.33. The van der Waals surface area contributed by atoms with Crippen molar-refractivity contribution in [3.05, 3.63) is 41.8 Å². The number of anilines is 1. The van der Waals surface area contributed by atoms with Crippen LogP contribution in [0.25, 0.3) is 11.0 Å². The fourth-order valence-corrected chi connectivity index (χ4v) is 4.89. The molecule has 3 aromatic rings. The highest BCUT2D eigenvalue weighted by atomic mass is 35.5. The smallest absolute Gasteiger partial charge is 0.142 e. The summed E-state index contributed by atoms with van der Waals surface area (Å²) in [4.78, 5) is 15.4. The number of fused-ring (bicyclic) bond motifs is 1. The molecule has 5 nitrogen and oxygen atoms in total. The van der Waals surface area contributed by atoms with E-state index in [1.807, 2.05) is 43.1 Å². The zero-order valence-electron chi connectivity index (χ0n) is 15.5. The van der Waals surface area contributed by atoms with E-state index < -0.39 is 0 Å². The molecule has 2 heterocycles. The highest BCUT2D eigenvalue weighted by Crippen LogP contribution is 2.39. The molecule has 0 unspecified atom stereocenters. The number of hydrogen-bond donors (Lipinski definition) is 1. The number of halogens is 1. The Morgan fingerprint density at radius 2 is 2.15 bits per heavy atom. The van der Waals surface area contributed by atoms with Crippen LogP contribution >= 0.6 is 23.4 Å². The van der Waals surface area contributed by atoms with Gasteiger partial charge in [0.05, 0.1) is 17.0 Å². The minimum atomic E-state index is 0.535. The molecule has 27 heavy (non-hydrogen) atoms. The molecule has 7 heteroatoms. The summed E-state index contributed by atoms with van der Waals surface area (Å²) in [6, 6.07) is 8.63. The quantitative estimate of drug-likeness (QED) is 0.562. The summed E-state index contributed by atoms with van der Waals surface area (Å²) in [5.41, 5.74) is 0.894. The van der Waals surface area contributed by atoms with Crippen LogP contribution in [0.5, 0.6) is 5.75 Å². The first-order chi connectivity index (χ1) is 13.2. The van der Waals surface area contributed by atoms with Gasteiger partial charge in [0.25, 0.3) is 0 Å². The molecular formula is C20H23ClN4OS. The minimum absolute atomic E-state index is 0.535. The Balaban J connectivity index is 1.31. The Morgan fingerprint density at radius 1 is 1.30 bits per heavy atom. The van der Waals surface area contributed by atoms with Gasteiger partial charge in [0.15, 0.2) is 0 Å². The van der Waals surface area contributed by atoms with Gasteiger partial charge in [-0.2, -0.15) is 0 Å². The predicted molar refractivity (Wildman–Crippen MR) is 112 cm³/mol. The monoisotopic (exact) mass is 402 g/mol. The van der Waals surface area contributed by atoms with Crippen molar-refractivity contribution < 1.29 is 4.74 Å². The van der Waals surface area contributed by atoms with Crippen molar-refractivity contribution >= 4 is 40.2 Å². The predicted octanol–water partition coefficient (Wildman–Crippen LogP) is 5.02. The van der Waals surface area contributed by atoms with E-state index in [1.54, 1.807) is 6.33 Å². The van der Waals surface area contributed by atoms with Gasteiger partial charge < -0.3 is 14.6 Å². The van der Waals surface area contributed by atoms with Crippen molar-refractivity contribution in [2.45, 2.75) is 30.7 Å². The number of nitrogens with zero attached hydrogens (tertiary/aromatic N) is 3. The first-order valence-electron chi connectivity index (χ1n) is 9.21. The third-order valence-electron chi connectivity index (χ3n) is 5.11. The average Bonchev–Trinajstić information content (AvgIpc) is 3.11. The molecule has 0 aliphatic heterocycles. The van der Waals surface area contributed by atoms with E-state index in [0.29, 0.717) is 17.7 Å². The standard InChI is InChI=1S/C20H23ClN4OS/c1-3-26-18-5-4-15(10-17(18)21)27-11-13-8-14(9-13)25(2)20-16-6-7-22-19(16)23-12-24-20/h4-7,10,12-14H,3,8-9,11H2,1-2H3,(H,22,23,24). The summed E-state index contributed by atoms with van der Waals surface area (Å²) in [6.07, 6.45) is 5.92. The maximum Gasteiger partial charge on any atom is 0.142 e. The second-order valence-electron chi connectivity index (χ2n) is 6.88. The van der Waals surface area contributed by atoms with Crippen LogP contribution in [0, 0.1) is 5.92 Å². The van der Waals surface area contributed by atoms with Crippen molar-refractivity contribution in [2.24, 2.45) is 5.92 Å².